The summed E-state index contributed by atoms with van der Waals surface area (Å²) in [4.78, 5) is 0. The molecule has 0 spiro atoms. The van der Waals surface area contributed by atoms with E-state index in [1.165, 1.54) is 6.07 Å². The molecule has 76 valence electrons. The summed E-state index contributed by atoms with van der Waals surface area (Å²) < 4.78 is 18.7. The van der Waals surface area contributed by atoms with E-state index in [0.717, 1.165) is 17.5 Å². The van der Waals surface area contributed by atoms with Gasteiger partial charge in [-0.2, -0.15) is 0 Å². The lowest BCUT2D eigenvalue weighted by molar-refractivity contribution is 0.00943. The van der Waals surface area contributed by atoms with E-state index in [4.69, 9.17) is 4.74 Å². The fourth-order valence-corrected chi connectivity index (χ4v) is 2.13. The van der Waals surface area contributed by atoms with Crippen LogP contribution in [0.5, 0.6) is 0 Å². The Kier molecular flexibility index (Phi) is 2.55. The van der Waals surface area contributed by atoms with Gasteiger partial charge in [0.15, 0.2) is 0 Å². The van der Waals surface area contributed by atoms with Crippen molar-refractivity contribution in [1.82, 2.24) is 0 Å². The van der Waals surface area contributed by atoms with Gasteiger partial charge in [0.1, 0.15) is 5.82 Å². The lowest BCUT2D eigenvalue weighted by atomic mass is 9.88. The molecule has 1 nitrogen and oxygen atoms in total. The lowest BCUT2D eigenvalue weighted by Gasteiger charge is -2.30. The largest absolute Gasteiger partial charge is 0.373 e. The van der Waals surface area contributed by atoms with Crippen molar-refractivity contribution in [2.75, 3.05) is 0 Å². The van der Waals surface area contributed by atoms with Crippen LogP contribution in [-0.4, -0.2) is 6.10 Å². The van der Waals surface area contributed by atoms with E-state index in [2.05, 4.69) is 13.8 Å². The number of hydrogen-bond acceptors (Lipinski definition) is 1. The van der Waals surface area contributed by atoms with Crippen molar-refractivity contribution < 1.29 is 9.13 Å². The zero-order valence-electron chi connectivity index (χ0n) is 8.59. The van der Waals surface area contributed by atoms with Gasteiger partial charge in [-0.15, -0.1) is 0 Å². The fraction of sp³-hybridized carbons (Fsp3) is 0.500. The second-order valence-corrected chi connectivity index (χ2v) is 3.89. The summed E-state index contributed by atoms with van der Waals surface area (Å²) in [5, 5.41) is 0. The number of benzene rings is 1. The summed E-state index contributed by atoms with van der Waals surface area (Å²) in [6.07, 6.45) is 1.22. The van der Waals surface area contributed by atoms with Gasteiger partial charge in [-0.25, -0.2) is 4.39 Å². The van der Waals surface area contributed by atoms with Gasteiger partial charge in [-0.3, -0.25) is 0 Å². The van der Waals surface area contributed by atoms with Crippen LogP contribution in [-0.2, 0) is 11.3 Å². The molecule has 2 atom stereocenters. The monoisotopic (exact) mass is 194 g/mol. The third-order valence-corrected chi connectivity index (χ3v) is 3.01. The number of hydrogen-bond donors (Lipinski definition) is 0. The van der Waals surface area contributed by atoms with Crippen molar-refractivity contribution >= 4 is 0 Å². The predicted octanol–water partition coefficient (Wildman–Crippen LogP) is 3.24. The van der Waals surface area contributed by atoms with E-state index in [9.17, 15) is 4.39 Å². The normalized spacial score (nSPS) is 25.9. The smallest absolute Gasteiger partial charge is 0.123 e. The third-order valence-electron chi connectivity index (χ3n) is 3.01. The van der Waals surface area contributed by atoms with Crippen molar-refractivity contribution in [2.24, 2.45) is 0 Å². The molecule has 2 heteroatoms. The Hall–Kier alpha value is -0.890. The third kappa shape index (κ3) is 1.55. The first kappa shape index (κ1) is 9.66. The first-order valence-electron chi connectivity index (χ1n) is 5.12. The molecular formula is C12H15FO. The fourth-order valence-electron chi connectivity index (χ4n) is 2.13. The van der Waals surface area contributed by atoms with Crippen molar-refractivity contribution in [3.8, 4) is 0 Å². The zero-order chi connectivity index (χ0) is 10.1. The molecule has 14 heavy (non-hydrogen) atoms. The number of ether oxygens (including phenoxy) is 1. The molecule has 0 fully saturated rings. The minimum absolute atomic E-state index is 0.146. The van der Waals surface area contributed by atoms with Gasteiger partial charge < -0.3 is 4.74 Å². The van der Waals surface area contributed by atoms with E-state index < -0.39 is 0 Å². The van der Waals surface area contributed by atoms with Crippen LogP contribution in [0.25, 0.3) is 0 Å². The summed E-state index contributed by atoms with van der Waals surface area (Å²) in [7, 11) is 0. The Morgan fingerprint density at radius 1 is 1.50 bits per heavy atom. The molecule has 1 aromatic rings. The van der Waals surface area contributed by atoms with Gasteiger partial charge in [-0.05, 0) is 29.7 Å². The van der Waals surface area contributed by atoms with Crippen LogP contribution in [0.4, 0.5) is 4.39 Å². The summed E-state index contributed by atoms with van der Waals surface area (Å²) in [6, 6.07) is 4.97. The topological polar surface area (TPSA) is 9.23 Å². The number of fused-ring (bicyclic) bond motifs is 1. The molecule has 0 N–H and O–H groups in total. The maximum Gasteiger partial charge on any atom is 0.123 e. The van der Waals surface area contributed by atoms with E-state index in [-0.39, 0.29) is 11.9 Å². The highest BCUT2D eigenvalue weighted by molar-refractivity contribution is 5.32. The molecular weight excluding hydrogens is 179 g/mol. The van der Waals surface area contributed by atoms with Crippen LogP contribution in [0, 0.1) is 5.82 Å². The van der Waals surface area contributed by atoms with Gasteiger partial charge in [0, 0.05) is 5.92 Å². The number of halogens is 1. The van der Waals surface area contributed by atoms with E-state index in [1.54, 1.807) is 6.07 Å². The second-order valence-electron chi connectivity index (χ2n) is 3.89. The molecule has 1 aliphatic rings. The van der Waals surface area contributed by atoms with E-state index in [1.807, 2.05) is 6.07 Å². The average molecular weight is 194 g/mol. The molecule has 0 amide bonds. The van der Waals surface area contributed by atoms with Gasteiger partial charge in [-0.1, -0.05) is 19.9 Å². The SMILES string of the molecule is CC[C@H]1OCc2ccc(F)cc2C1C. The van der Waals surface area contributed by atoms with Crippen molar-refractivity contribution in [1.29, 1.82) is 0 Å². The first-order chi connectivity index (χ1) is 6.72. The molecule has 0 aliphatic carbocycles. The minimum Gasteiger partial charge on any atom is -0.373 e. The van der Waals surface area contributed by atoms with Gasteiger partial charge in [0.2, 0.25) is 0 Å². The molecule has 1 aromatic carbocycles. The molecule has 0 radical (unpaired) electrons. The van der Waals surface area contributed by atoms with Gasteiger partial charge >= 0.3 is 0 Å². The molecule has 0 bridgehead atoms. The molecule has 1 aliphatic heterocycles. The van der Waals surface area contributed by atoms with Crippen LogP contribution in [0.2, 0.25) is 0 Å². The predicted molar refractivity (Wildman–Crippen MR) is 53.7 cm³/mol. The van der Waals surface area contributed by atoms with Crippen molar-refractivity contribution in [3.05, 3.63) is 35.1 Å². The first-order valence-corrected chi connectivity index (χ1v) is 5.12. The Morgan fingerprint density at radius 2 is 2.29 bits per heavy atom. The van der Waals surface area contributed by atoms with Crippen LogP contribution in [0.15, 0.2) is 18.2 Å². The van der Waals surface area contributed by atoms with Gasteiger partial charge in [0.05, 0.1) is 12.7 Å². The Bertz CT molecular complexity index is 335. The highest BCUT2D eigenvalue weighted by Crippen LogP contribution is 2.32. The molecule has 0 saturated carbocycles. The minimum atomic E-state index is -0.146. The van der Waals surface area contributed by atoms with Crippen LogP contribution in [0.1, 0.15) is 37.3 Å². The number of rotatable bonds is 1. The van der Waals surface area contributed by atoms with Crippen LogP contribution < -0.4 is 0 Å². The van der Waals surface area contributed by atoms with Crippen LogP contribution in [0.3, 0.4) is 0 Å². The summed E-state index contributed by atoms with van der Waals surface area (Å²) in [5.74, 6) is 0.159. The summed E-state index contributed by atoms with van der Waals surface area (Å²) in [5.41, 5.74) is 2.24. The summed E-state index contributed by atoms with van der Waals surface area (Å²) >= 11 is 0. The molecule has 1 unspecified atom stereocenters. The van der Waals surface area contributed by atoms with E-state index >= 15 is 0 Å². The molecule has 1 heterocycles. The molecule has 0 aromatic heterocycles. The standard InChI is InChI=1S/C12H15FO/c1-3-12-8(2)11-6-10(13)5-4-9(11)7-14-12/h4-6,8,12H,3,7H2,1-2H3/t8?,12-/m1/s1. The maximum atomic E-state index is 13.1. The van der Waals surface area contributed by atoms with Crippen LogP contribution >= 0.6 is 0 Å². The Balaban J connectivity index is 2.38. The lowest BCUT2D eigenvalue weighted by Crippen LogP contribution is -2.25. The molecule has 0 saturated heterocycles. The van der Waals surface area contributed by atoms with Crippen molar-refractivity contribution in [3.63, 3.8) is 0 Å². The highest BCUT2D eigenvalue weighted by Gasteiger charge is 2.25. The Morgan fingerprint density at radius 3 is 3.00 bits per heavy atom. The van der Waals surface area contributed by atoms with Crippen molar-refractivity contribution in [2.45, 2.75) is 38.9 Å². The summed E-state index contributed by atoms with van der Waals surface area (Å²) in [6.45, 7) is 4.83. The zero-order valence-corrected chi connectivity index (χ0v) is 8.59. The second kappa shape index (κ2) is 3.70. The Labute approximate surface area is 83.9 Å². The maximum absolute atomic E-state index is 13.1. The van der Waals surface area contributed by atoms with E-state index in [0.29, 0.717) is 12.5 Å². The van der Waals surface area contributed by atoms with Gasteiger partial charge in [0.25, 0.3) is 0 Å². The molecule has 2 rings (SSSR count). The highest BCUT2D eigenvalue weighted by atomic mass is 19.1. The quantitative estimate of drug-likeness (QED) is 0.667. The average Bonchev–Trinajstić information content (AvgIpc) is 2.20.